The highest BCUT2D eigenvalue weighted by Crippen LogP contribution is 2.32. The predicted octanol–water partition coefficient (Wildman–Crippen LogP) is 4.01. The highest BCUT2D eigenvalue weighted by Gasteiger charge is 2.40. The van der Waals surface area contributed by atoms with E-state index in [9.17, 15) is 40.3 Å². The fourth-order valence-electron chi connectivity index (χ4n) is 2.39. The Morgan fingerprint density at radius 3 is 2.09 bits per heavy atom. The van der Waals surface area contributed by atoms with Gasteiger partial charge in [-0.1, -0.05) is 0 Å². The number of carbonyl (C=O) groups excluding carboxylic acids is 1. The molecule has 7 nitrogen and oxygen atoms in total. The van der Waals surface area contributed by atoms with Gasteiger partial charge in [-0.3, -0.25) is 4.57 Å². The number of nitrogens with zero attached hydrogens (tertiary/aromatic N) is 3. The summed E-state index contributed by atoms with van der Waals surface area (Å²) in [5.41, 5.74) is -4.27. The molecule has 0 unspecified atom stereocenters. The smallest absolute Gasteiger partial charge is 0.451 e. The number of aromatic nitrogens is 3. The van der Waals surface area contributed by atoms with Gasteiger partial charge in [-0.25, -0.2) is 14.0 Å². The number of halogens is 7. The van der Waals surface area contributed by atoms with Crippen LogP contribution < -0.4 is 10.4 Å². The molecular formula is C18H18F7N3O4. The van der Waals surface area contributed by atoms with E-state index in [2.05, 4.69) is 5.10 Å². The Balaban J connectivity index is 2.71. The summed E-state index contributed by atoms with van der Waals surface area (Å²) in [6, 6.07) is 0.877. The van der Waals surface area contributed by atoms with Crippen molar-refractivity contribution in [1.29, 1.82) is 0 Å². The molecule has 32 heavy (non-hydrogen) atoms. The van der Waals surface area contributed by atoms with Crippen molar-refractivity contribution < 1.29 is 45.0 Å². The summed E-state index contributed by atoms with van der Waals surface area (Å²) in [5, 5.41) is 3.02. The maximum Gasteiger partial charge on any atom is 0.451 e. The van der Waals surface area contributed by atoms with Gasteiger partial charge in [0.2, 0.25) is 5.82 Å². The Morgan fingerprint density at radius 2 is 1.66 bits per heavy atom. The van der Waals surface area contributed by atoms with E-state index in [1.54, 1.807) is 0 Å². The summed E-state index contributed by atoms with van der Waals surface area (Å²) in [5.74, 6) is -5.22. The first-order valence-corrected chi connectivity index (χ1v) is 8.87. The van der Waals surface area contributed by atoms with Crippen LogP contribution >= 0.6 is 0 Å². The SMILES string of the molecule is C[C@H](Oc1cc(-n2nc(C(F)(F)F)n(C)c2=O)c(F)cc1C(=O)OC(C)(C)C)C(F)(F)F. The predicted molar refractivity (Wildman–Crippen MR) is 95.1 cm³/mol. The summed E-state index contributed by atoms with van der Waals surface area (Å²) < 4.78 is 103. The third-order valence-corrected chi connectivity index (χ3v) is 3.89. The van der Waals surface area contributed by atoms with Gasteiger partial charge in [-0.05, 0) is 33.8 Å². The maximum atomic E-state index is 14.7. The summed E-state index contributed by atoms with van der Waals surface area (Å²) >= 11 is 0. The number of hydrogen-bond acceptors (Lipinski definition) is 5. The number of alkyl halides is 6. The van der Waals surface area contributed by atoms with Gasteiger partial charge in [0.05, 0.1) is 0 Å². The van der Waals surface area contributed by atoms with Gasteiger partial charge >= 0.3 is 24.0 Å². The molecule has 2 aromatic rings. The molecule has 0 amide bonds. The molecule has 2 rings (SSSR count). The van der Waals surface area contributed by atoms with Crippen molar-refractivity contribution in [3.05, 3.63) is 39.8 Å². The lowest BCUT2D eigenvalue weighted by Gasteiger charge is -2.23. The number of rotatable bonds is 4. The fraction of sp³-hybridized carbons (Fsp3) is 0.500. The number of carbonyl (C=O) groups is 1. The van der Waals surface area contributed by atoms with Crippen molar-refractivity contribution >= 4 is 5.97 Å². The van der Waals surface area contributed by atoms with E-state index in [-0.39, 0.29) is 9.25 Å². The molecule has 178 valence electrons. The van der Waals surface area contributed by atoms with Crippen LogP contribution in [0.3, 0.4) is 0 Å². The maximum absolute atomic E-state index is 14.7. The summed E-state index contributed by atoms with van der Waals surface area (Å²) in [6.45, 7) is 4.93. The van der Waals surface area contributed by atoms with E-state index in [4.69, 9.17) is 9.47 Å². The van der Waals surface area contributed by atoms with Crippen LogP contribution in [0.1, 0.15) is 43.9 Å². The molecular weight excluding hydrogens is 455 g/mol. The molecule has 0 spiro atoms. The molecule has 1 atom stereocenters. The summed E-state index contributed by atoms with van der Waals surface area (Å²) in [4.78, 5) is 24.6. The summed E-state index contributed by atoms with van der Waals surface area (Å²) in [7, 11) is 0.727. The molecule has 0 fully saturated rings. The lowest BCUT2D eigenvalue weighted by molar-refractivity contribution is -0.189. The first kappa shape index (κ1) is 25.2. The zero-order valence-electron chi connectivity index (χ0n) is 17.4. The van der Waals surface area contributed by atoms with Crippen LogP contribution in [0.5, 0.6) is 5.75 Å². The Morgan fingerprint density at radius 1 is 1.09 bits per heavy atom. The van der Waals surface area contributed by atoms with Crippen LogP contribution in [0.15, 0.2) is 16.9 Å². The topological polar surface area (TPSA) is 75.4 Å². The first-order chi connectivity index (χ1) is 14.3. The average Bonchev–Trinajstić information content (AvgIpc) is 2.89. The molecule has 1 aromatic carbocycles. The van der Waals surface area contributed by atoms with Gasteiger partial charge in [0.1, 0.15) is 28.4 Å². The van der Waals surface area contributed by atoms with Crippen LogP contribution in [0, 0.1) is 5.82 Å². The molecule has 0 saturated heterocycles. The van der Waals surface area contributed by atoms with Gasteiger partial charge in [0, 0.05) is 13.1 Å². The molecule has 0 aliphatic heterocycles. The van der Waals surface area contributed by atoms with Crippen LogP contribution in [0.25, 0.3) is 5.69 Å². The first-order valence-electron chi connectivity index (χ1n) is 8.87. The quantitative estimate of drug-likeness (QED) is 0.496. The summed E-state index contributed by atoms with van der Waals surface area (Å²) in [6.07, 6.45) is -12.5. The van der Waals surface area contributed by atoms with Gasteiger partial charge in [0.25, 0.3) is 0 Å². The molecule has 14 heteroatoms. The van der Waals surface area contributed by atoms with E-state index in [0.29, 0.717) is 19.1 Å². The van der Waals surface area contributed by atoms with Crippen LogP contribution in [0.2, 0.25) is 0 Å². The van der Waals surface area contributed by atoms with Crippen molar-refractivity contribution in [2.45, 2.75) is 51.8 Å². The van der Waals surface area contributed by atoms with Crippen molar-refractivity contribution in [2.24, 2.45) is 7.05 Å². The highest BCUT2D eigenvalue weighted by molar-refractivity contribution is 5.93. The Kier molecular flexibility index (Phi) is 6.40. The van der Waals surface area contributed by atoms with Crippen molar-refractivity contribution in [3.8, 4) is 11.4 Å². The van der Waals surface area contributed by atoms with Crippen molar-refractivity contribution in [2.75, 3.05) is 0 Å². The molecule has 0 aliphatic rings. The molecule has 0 bridgehead atoms. The minimum Gasteiger partial charge on any atom is -0.480 e. The Labute approximate surface area is 176 Å². The van der Waals surface area contributed by atoms with Gasteiger partial charge in [0.15, 0.2) is 6.10 Å². The Bertz CT molecular complexity index is 1080. The number of esters is 1. The Hall–Kier alpha value is -3.06. The minimum absolute atomic E-state index is 0.00213. The second kappa shape index (κ2) is 8.13. The number of benzene rings is 1. The largest absolute Gasteiger partial charge is 0.480 e. The minimum atomic E-state index is -5.07. The van der Waals surface area contributed by atoms with E-state index in [1.807, 2.05) is 0 Å². The molecule has 0 aliphatic carbocycles. The lowest BCUT2D eigenvalue weighted by Crippen LogP contribution is -2.32. The van der Waals surface area contributed by atoms with Gasteiger partial charge in [-0.2, -0.15) is 31.0 Å². The third kappa shape index (κ3) is 5.40. The van der Waals surface area contributed by atoms with Crippen LogP contribution in [-0.2, 0) is 18.0 Å². The van der Waals surface area contributed by atoms with E-state index < -0.39 is 64.4 Å². The zero-order valence-corrected chi connectivity index (χ0v) is 17.4. The zero-order chi connectivity index (χ0) is 24.8. The standard InChI is InChI=1S/C18H18F7N3O4/c1-8(17(20,21)22)31-12-7-11(10(19)6-9(12)13(29)32-16(2,3)4)28-15(30)27(5)14(26-28)18(23,24)25/h6-8H,1-5H3/t8-/m0/s1. The molecule has 1 aromatic heterocycles. The van der Waals surface area contributed by atoms with Crippen LogP contribution in [-0.4, -0.2) is 38.2 Å². The van der Waals surface area contributed by atoms with Gasteiger partial charge < -0.3 is 9.47 Å². The van der Waals surface area contributed by atoms with Crippen molar-refractivity contribution in [1.82, 2.24) is 14.3 Å². The van der Waals surface area contributed by atoms with E-state index in [1.165, 1.54) is 20.8 Å². The van der Waals surface area contributed by atoms with Crippen LogP contribution in [0.4, 0.5) is 30.7 Å². The molecule has 0 radical (unpaired) electrons. The molecule has 0 N–H and O–H groups in total. The number of ether oxygens (including phenoxy) is 2. The number of hydrogen-bond donors (Lipinski definition) is 0. The van der Waals surface area contributed by atoms with Crippen molar-refractivity contribution in [3.63, 3.8) is 0 Å². The fourth-order valence-corrected chi connectivity index (χ4v) is 2.39. The second-order valence-electron chi connectivity index (χ2n) is 7.68. The molecule has 0 saturated carbocycles. The monoisotopic (exact) mass is 473 g/mol. The van der Waals surface area contributed by atoms with E-state index in [0.717, 1.165) is 7.05 Å². The molecule has 1 heterocycles. The average molecular weight is 473 g/mol. The van der Waals surface area contributed by atoms with E-state index >= 15 is 0 Å². The normalized spacial score (nSPS) is 13.8. The third-order valence-electron chi connectivity index (χ3n) is 3.89. The lowest BCUT2D eigenvalue weighted by atomic mass is 10.1. The highest BCUT2D eigenvalue weighted by atomic mass is 19.4. The second-order valence-corrected chi connectivity index (χ2v) is 7.68. The van der Waals surface area contributed by atoms with Gasteiger partial charge in [-0.15, -0.1) is 5.10 Å².